The molecule has 2 aromatic carbocycles. The highest BCUT2D eigenvalue weighted by atomic mass is 19.4. The Balaban J connectivity index is 1.78. The summed E-state index contributed by atoms with van der Waals surface area (Å²) in [4.78, 5) is 27.0. The van der Waals surface area contributed by atoms with Crippen LogP contribution in [0.25, 0.3) is 0 Å². The molecule has 0 spiro atoms. The van der Waals surface area contributed by atoms with Gasteiger partial charge >= 0.3 is 12.4 Å². The van der Waals surface area contributed by atoms with Crippen molar-refractivity contribution in [3.05, 3.63) is 70.8 Å². The minimum Gasteiger partial charge on any atom is -0.353 e. The fourth-order valence-electron chi connectivity index (χ4n) is 4.44. The number of likely N-dealkylation sites (tertiary alicyclic amines) is 1. The van der Waals surface area contributed by atoms with Gasteiger partial charge in [-0.3, -0.25) is 14.5 Å². The van der Waals surface area contributed by atoms with Crippen LogP contribution in [-0.2, 0) is 28.4 Å². The summed E-state index contributed by atoms with van der Waals surface area (Å²) in [5, 5.41) is 2.94. The molecule has 0 aromatic heterocycles. The van der Waals surface area contributed by atoms with E-state index in [4.69, 9.17) is 0 Å². The first-order valence-corrected chi connectivity index (χ1v) is 11.8. The number of Topliss-reactive ketones (excluding diaryl/α,β-unsaturated/α-hetero) is 1. The maximum Gasteiger partial charge on any atom is 0.416 e. The SMILES string of the molecule is CCC(=O)NC1CCN(C(C(=O)CCc2cc(C(F)(F)F)cc(C(F)(F)F)c2)c2ccccc2)CC1. The van der Waals surface area contributed by atoms with E-state index < -0.39 is 29.5 Å². The van der Waals surface area contributed by atoms with Gasteiger partial charge in [0, 0.05) is 32.0 Å². The lowest BCUT2D eigenvalue weighted by atomic mass is 9.93. The average Bonchev–Trinajstić information content (AvgIpc) is 2.83. The van der Waals surface area contributed by atoms with Crippen molar-refractivity contribution in [1.29, 1.82) is 0 Å². The van der Waals surface area contributed by atoms with Crippen LogP contribution in [0.2, 0.25) is 0 Å². The molecule has 0 saturated carbocycles. The van der Waals surface area contributed by atoms with Gasteiger partial charge in [0.05, 0.1) is 17.2 Å². The molecule has 10 heteroatoms. The van der Waals surface area contributed by atoms with Gasteiger partial charge in [-0.05, 0) is 48.6 Å². The predicted octanol–water partition coefficient (Wildman–Crippen LogP) is 5.96. The van der Waals surface area contributed by atoms with E-state index in [9.17, 15) is 35.9 Å². The molecule has 1 aliphatic rings. The van der Waals surface area contributed by atoms with Crippen LogP contribution in [0.1, 0.15) is 60.9 Å². The van der Waals surface area contributed by atoms with Crippen LogP contribution >= 0.6 is 0 Å². The molecule has 1 unspecified atom stereocenters. The van der Waals surface area contributed by atoms with E-state index >= 15 is 0 Å². The quantitative estimate of drug-likeness (QED) is 0.443. The second kappa shape index (κ2) is 11.5. The summed E-state index contributed by atoms with van der Waals surface area (Å²) in [6, 6.07) is 9.62. The van der Waals surface area contributed by atoms with Crippen molar-refractivity contribution >= 4 is 11.7 Å². The number of carbonyl (C=O) groups excluding carboxylic acids is 2. The lowest BCUT2D eigenvalue weighted by Crippen LogP contribution is -2.47. The number of nitrogens with zero attached hydrogens (tertiary/aromatic N) is 1. The first-order valence-electron chi connectivity index (χ1n) is 11.8. The molecule has 1 amide bonds. The molecule has 36 heavy (non-hydrogen) atoms. The van der Waals surface area contributed by atoms with E-state index in [1.165, 1.54) is 0 Å². The monoisotopic (exact) mass is 514 g/mol. The van der Waals surface area contributed by atoms with Crippen molar-refractivity contribution < 1.29 is 35.9 Å². The molecule has 2 aromatic rings. The minimum atomic E-state index is -4.94. The number of aryl methyl sites for hydroxylation is 1. The predicted molar refractivity (Wildman–Crippen MR) is 122 cm³/mol. The Morgan fingerprint density at radius 1 is 0.944 bits per heavy atom. The molecule has 0 radical (unpaired) electrons. The number of amides is 1. The molecule has 1 N–H and O–H groups in total. The maximum atomic E-state index is 13.3. The molecule has 1 aliphatic heterocycles. The Hall–Kier alpha value is -2.88. The number of nitrogens with one attached hydrogen (secondary N) is 1. The molecule has 3 rings (SSSR count). The summed E-state index contributed by atoms with van der Waals surface area (Å²) < 4.78 is 79.2. The van der Waals surface area contributed by atoms with Gasteiger partial charge in [0.25, 0.3) is 0 Å². The molecule has 0 aliphatic carbocycles. The number of rotatable bonds is 8. The number of benzene rings is 2. The van der Waals surface area contributed by atoms with Gasteiger partial charge in [-0.1, -0.05) is 37.3 Å². The summed E-state index contributed by atoms with van der Waals surface area (Å²) in [6.07, 6.45) is -8.72. The van der Waals surface area contributed by atoms with Crippen molar-refractivity contribution in [2.45, 2.75) is 63.5 Å². The van der Waals surface area contributed by atoms with Crippen LogP contribution < -0.4 is 5.32 Å². The summed E-state index contributed by atoms with van der Waals surface area (Å²) in [5.74, 6) is -0.341. The molecule has 1 heterocycles. The van der Waals surface area contributed by atoms with Crippen molar-refractivity contribution in [3.8, 4) is 0 Å². The number of carbonyl (C=O) groups is 2. The lowest BCUT2D eigenvalue weighted by Gasteiger charge is -2.37. The number of hydrogen-bond donors (Lipinski definition) is 1. The Bertz CT molecular complexity index is 1010. The second-order valence-electron chi connectivity index (χ2n) is 8.92. The first kappa shape index (κ1) is 27.7. The normalized spacial score (nSPS) is 16.5. The van der Waals surface area contributed by atoms with Crippen LogP contribution in [0.3, 0.4) is 0 Å². The maximum absolute atomic E-state index is 13.3. The van der Waals surface area contributed by atoms with Crippen LogP contribution in [0, 0.1) is 0 Å². The van der Waals surface area contributed by atoms with E-state index in [0.717, 1.165) is 0 Å². The van der Waals surface area contributed by atoms with Gasteiger partial charge in [-0.15, -0.1) is 0 Å². The van der Waals surface area contributed by atoms with Crippen LogP contribution in [0.15, 0.2) is 48.5 Å². The third-order valence-corrected chi connectivity index (χ3v) is 6.31. The van der Waals surface area contributed by atoms with Crippen molar-refractivity contribution in [3.63, 3.8) is 0 Å². The van der Waals surface area contributed by atoms with E-state index in [0.29, 0.717) is 50.0 Å². The second-order valence-corrected chi connectivity index (χ2v) is 8.92. The standard InChI is InChI=1S/C26H28F6N2O2/c1-2-23(36)33-21-10-12-34(13-11-21)24(18-6-4-3-5-7-18)22(35)9-8-17-14-19(25(27,28)29)16-20(15-17)26(30,31)32/h3-7,14-16,21,24H,2,8-13H2,1H3,(H,33,36). The third kappa shape index (κ3) is 7.32. The third-order valence-electron chi connectivity index (χ3n) is 6.31. The fourth-order valence-corrected chi connectivity index (χ4v) is 4.44. The fraction of sp³-hybridized carbons (Fsp3) is 0.462. The highest BCUT2D eigenvalue weighted by molar-refractivity contribution is 5.85. The Morgan fingerprint density at radius 3 is 2.00 bits per heavy atom. The minimum absolute atomic E-state index is 0.00822. The average molecular weight is 515 g/mol. The first-order chi connectivity index (χ1) is 16.9. The van der Waals surface area contributed by atoms with Gasteiger partial charge in [-0.25, -0.2) is 0 Å². The molecular weight excluding hydrogens is 486 g/mol. The molecule has 1 atom stereocenters. The van der Waals surface area contributed by atoms with Crippen molar-refractivity contribution in [2.24, 2.45) is 0 Å². The van der Waals surface area contributed by atoms with E-state index in [1.54, 1.807) is 37.3 Å². The Morgan fingerprint density at radius 2 is 1.50 bits per heavy atom. The molecule has 4 nitrogen and oxygen atoms in total. The topological polar surface area (TPSA) is 49.4 Å². The Kier molecular flexibility index (Phi) is 8.81. The number of halogens is 6. The molecule has 1 saturated heterocycles. The summed E-state index contributed by atoms with van der Waals surface area (Å²) >= 11 is 0. The molecule has 0 bridgehead atoms. The number of ketones is 1. The number of piperidine rings is 1. The molecular formula is C26H28F6N2O2. The Labute approximate surface area is 205 Å². The van der Waals surface area contributed by atoms with E-state index in [-0.39, 0.29) is 42.2 Å². The van der Waals surface area contributed by atoms with Crippen LogP contribution in [-0.4, -0.2) is 35.7 Å². The van der Waals surface area contributed by atoms with Gasteiger partial charge in [0.1, 0.15) is 0 Å². The smallest absolute Gasteiger partial charge is 0.353 e. The molecule has 1 fully saturated rings. The number of alkyl halides is 6. The van der Waals surface area contributed by atoms with Gasteiger partial charge < -0.3 is 5.32 Å². The zero-order chi connectivity index (χ0) is 26.5. The molecule has 196 valence electrons. The summed E-state index contributed by atoms with van der Waals surface area (Å²) in [6.45, 7) is 2.79. The van der Waals surface area contributed by atoms with E-state index in [1.807, 2.05) is 4.90 Å². The summed E-state index contributed by atoms with van der Waals surface area (Å²) in [5.41, 5.74) is -2.27. The zero-order valence-corrected chi connectivity index (χ0v) is 19.8. The largest absolute Gasteiger partial charge is 0.416 e. The van der Waals surface area contributed by atoms with Gasteiger partial charge in [0.2, 0.25) is 5.91 Å². The number of hydrogen-bond acceptors (Lipinski definition) is 3. The van der Waals surface area contributed by atoms with Gasteiger partial charge in [-0.2, -0.15) is 26.3 Å². The van der Waals surface area contributed by atoms with Crippen molar-refractivity contribution in [1.82, 2.24) is 10.2 Å². The zero-order valence-electron chi connectivity index (χ0n) is 19.8. The highest BCUT2D eigenvalue weighted by Gasteiger charge is 2.37. The van der Waals surface area contributed by atoms with Crippen LogP contribution in [0.5, 0.6) is 0 Å². The lowest BCUT2D eigenvalue weighted by molar-refractivity contribution is -0.143. The van der Waals surface area contributed by atoms with Gasteiger partial charge in [0.15, 0.2) is 5.78 Å². The van der Waals surface area contributed by atoms with E-state index in [2.05, 4.69) is 5.32 Å². The summed E-state index contributed by atoms with van der Waals surface area (Å²) in [7, 11) is 0. The van der Waals surface area contributed by atoms with Crippen LogP contribution in [0.4, 0.5) is 26.3 Å². The van der Waals surface area contributed by atoms with Crippen molar-refractivity contribution in [2.75, 3.05) is 13.1 Å². The highest BCUT2D eigenvalue weighted by Crippen LogP contribution is 2.37.